The van der Waals surface area contributed by atoms with Gasteiger partial charge in [-0.2, -0.15) is 0 Å². The zero-order valence-electron chi connectivity index (χ0n) is 10.9. The molecule has 2 rings (SSSR count). The summed E-state index contributed by atoms with van der Waals surface area (Å²) in [4.78, 5) is 0. The minimum atomic E-state index is -0.149. The highest BCUT2D eigenvalue weighted by Gasteiger charge is 2.09. The van der Waals surface area contributed by atoms with Crippen LogP contribution in [0.15, 0.2) is 60.7 Å². The van der Waals surface area contributed by atoms with Crippen LogP contribution in [0.2, 0.25) is 0 Å². The second-order valence-corrected chi connectivity index (χ2v) is 5.94. The summed E-state index contributed by atoms with van der Waals surface area (Å²) in [6.45, 7) is 6.27. The Morgan fingerprint density at radius 1 is 0.706 bits per heavy atom. The van der Waals surface area contributed by atoms with E-state index < -0.39 is 0 Å². The minimum absolute atomic E-state index is 0.149. The average molecular weight is 244 g/mol. The summed E-state index contributed by atoms with van der Waals surface area (Å²) in [6, 6.07) is 21.6. The molecule has 90 valence electrons. The summed E-state index contributed by atoms with van der Waals surface area (Å²) < 4.78 is 0. The highest BCUT2D eigenvalue weighted by Crippen LogP contribution is 2.32. The topological polar surface area (TPSA) is 0 Å². The van der Waals surface area contributed by atoms with Crippen LogP contribution in [0.1, 0.15) is 20.8 Å². The van der Waals surface area contributed by atoms with Crippen LogP contribution in [0.4, 0.5) is 0 Å². The molecule has 0 bridgehead atoms. The fourth-order valence-electron chi connectivity index (χ4n) is 1.73. The highest BCUT2D eigenvalue weighted by molar-refractivity contribution is 7.72. The SMILES string of the molecule is CC.CCP(c1ccccc1)c1ccccc1. The molecule has 0 fully saturated rings. The van der Waals surface area contributed by atoms with Gasteiger partial charge < -0.3 is 0 Å². The van der Waals surface area contributed by atoms with E-state index in [9.17, 15) is 0 Å². The molecule has 17 heavy (non-hydrogen) atoms. The molecule has 0 saturated heterocycles. The first kappa shape index (κ1) is 13.9. The molecule has 2 aromatic rings. The summed E-state index contributed by atoms with van der Waals surface area (Å²) in [5.74, 6) is 0. The zero-order valence-corrected chi connectivity index (χ0v) is 11.8. The van der Waals surface area contributed by atoms with Crippen molar-refractivity contribution in [2.24, 2.45) is 0 Å². The molecule has 0 aliphatic heterocycles. The van der Waals surface area contributed by atoms with E-state index in [-0.39, 0.29) is 7.92 Å². The van der Waals surface area contributed by atoms with Crippen molar-refractivity contribution in [2.75, 3.05) is 6.16 Å². The smallest absolute Gasteiger partial charge is 0.0195 e. The summed E-state index contributed by atoms with van der Waals surface area (Å²) >= 11 is 0. The van der Waals surface area contributed by atoms with Crippen LogP contribution in [0.25, 0.3) is 0 Å². The first-order valence-electron chi connectivity index (χ1n) is 6.29. The maximum Gasteiger partial charge on any atom is -0.0195 e. The van der Waals surface area contributed by atoms with Crippen LogP contribution in [-0.2, 0) is 0 Å². The Balaban J connectivity index is 0.000000686. The standard InChI is InChI=1S/C14H15P.C2H6/c1-2-15(13-9-5-3-6-10-13)14-11-7-4-8-12-14;1-2/h3-12H,2H2,1H3;1-2H3. The van der Waals surface area contributed by atoms with Crippen molar-refractivity contribution in [3.63, 3.8) is 0 Å². The monoisotopic (exact) mass is 244 g/mol. The molecule has 0 aliphatic carbocycles. The fraction of sp³-hybridized carbons (Fsp3) is 0.250. The van der Waals surface area contributed by atoms with Crippen molar-refractivity contribution in [1.29, 1.82) is 0 Å². The molecule has 0 aliphatic rings. The quantitative estimate of drug-likeness (QED) is 0.711. The molecule has 0 heterocycles. The molecule has 0 atom stereocenters. The van der Waals surface area contributed by atoms with Crippen molar-refractivity contribution in [1.82, 2.24) is 0 Å². The summed E-state index contributed by atoms with van der Waals surface area (Å²) in [6.07, 6.45) is 1.21. The van der Waals surface area contributed by atoms with E-state index in [1.165, 1.54) is 16.8 Å². The van der Waals surface area contributed by atoms with Gasteiger partial charge in [-0.25, -0.2) is 0 Å². The van der Waals surface area contributed by atoms with E-state index in [1.54, 1.807) is 0 Å². The van der Waals surface area contributed by atoms with Gasteiger partial charge in [0.15, 0.2) is 0 Å². The zero-order chi connectivity index (χ0) is 12.5. The molecular formula is C16H21P. The van der Waals surface area contributed by atoms with Crippen molar-refractivity contribution in [3.05, 3.63) is 60.7 Å². The molecule has 0 nitrogen and oxygen atoms in total. The van der Waals surface area contributed by atoms with E-state index in [0.717, 1.165) is 0 Å². The molecule has 0 radical (unpaired) electrons. The lowest BCUT2D eigenvalue weighted by Gasteiger charge is -2.16. The van der Waals surface area contributed by atoms with E-state index in [4.69, 9.17) is 0 Å². The molecule has 0 saturated carbocycles. The Labute approximate surface area is 106 Å². The van der Waals surface area contributed by atoms with Gasteiger partial charge in [0.2, 0.25) is 0 Å². The van der Waals surface area contributed by atoms with Gasteiger partial charge >= 0.3 is 0 Å². The maximum absolute atomic E-state index is 2.27. The minimum Gasteiger partial charge on any atom is -0.0683 e. The Bertz CT molecular complexity index is 355. The molecule has 1 heteroatoms. The van der Waals surface area contributed by atoms with Crippen molar-refractivity contribution in [2.45, 2.75) is 20.8 Å². The Morgan fingerprint density at radius 2 is 1.06 bits per heavy atom. The first-order valence-corrected chi connectivity index (χ1v) is 7.82. The number of rotatable bonds is 3. The Hall–Kier alpha value is -1.13. The predicted molar refractivity (Wildman–Crippen MR) is 81.0 cm³/mol. The van der Waals surface area contributed by atoms with Gasteiger partial charge in [-0.05, 0) is 24.7 Å². The van der Waals surface area contributed by atoms with Crippen LogP contribution in [-0.4, -0.2) is 6.16 Å². The third-order valence-corrected chi connectivity index (χ3v) is 4.93. The second kappa shape index (κ2) is 8.03. The Morgan fingerprint density at radius 3 is 1.35 bits per heavy atom. The van der Waals surface area contributed by atoms with Gasteiger partial charge in [0.05, 0.1) is 0 Å². The number of hydrogen-bond donors (Lipinski definition) is 0. The number of hydrogen-bond acceptors (Lipinski definition) is 0. The van der Waals surface area contributed by atoms with E-state index >= 15 is 0 Å². The largest absolute Gasteiger partial charge is 0.0683 e. The summed E-state index contributed by atoms with van der Waals surface area (Å²) in [7, 11) is -0.149. The lowest BCUT2D eigenvalue weighted by Crippen LogP contribution is -2.12. The lowest BCUT2D eigenvalue weighted by atomic mass is 10.4. The van der Waals surface area contributed by atoms with Gasteiger partial charge in [-0.3, -0.25) is 0 Å². The van der Waals surface area contributed by atoms with Crippen LogP contribution < -0.4 is 10.6 Å². The fourth-order valence-corrected chi connectivity index (χ4v) is 3.82. The normalized spacial score (nSPS) is 9.65. The average Bonchev–Trinajstić information content (AvgIpc) is 2.44. The molecule has 0 N–H and O–H groups in total. The van der Waals surface area contributed by atoms with Gasteiger partial charge in [-0.1, -0.05) is 81.4 Å². The van der Waals surface area contributed by atoms with Crippen molar-refractivity contribution in [3.8, 4) is 0 Å². The lowest BCUT2D eigenvalue weighted by molar-refractivity contribution is 1.50. The first-order chi connectivity index (χ1) is 8.42. The highest BCUT2D eigenvalue weighted by atomic mass is 31.1. The van der Waals surface area contributed by atoms with Crippen LogP contribution in [0.5, 0.6) is 0 Å². The van der Waals surface area contributed by atoms with Gasteiger partial charge in [0.25, 0.3) is 0 Å². The molecule has 0 unspecified atom stereocenters. The van der Waals surface area contributed by atoms with Crippen LogP contribution in [0, 0.1) is 0 Å². The predicted octanol–water partition coefficient (Wildman–Crippen LogP) is 4.17. The van der Waals surface area contributed by atoms with Crippen molar-refractivity contribution < 1.29 is 0 Å². The molecule has 0 amide bonds. The van der Waals surface area contributed by atoms with Gasteiger partial charge in [-0.15, -0.1) is 0 Å². The molecule has 0 spiro atoms. The van der Waals surface area contributed by atoms with E-state index in [2.05, 4.69) is 67.6 Å². The van der Waals surface area contributed by atoms with E-state index in [0.29, 0.717) is 0 Å². The number of benzene rings is 2. The summed E-state index contributed by atoms with van der Waals surface area (Å²) in [5, 5.41) is 2.95. The van der Waals surface area contributed by atoms with Gasteiger partial charge in [0, 0.05) is 0 Å². The maximum atomic E-state index is 2.27. The molecule has 2 aromatic carbocycles. The third kappa shape index (κ3) is 3.98. The van der Waals surface area contributed by atoms with Gasteiger partial charge in [0.1, 0.15) is 0 Å². The molecular weight excluding hydrogens is 223 g/mol. The Kier molecular flexibility index (Phi) is 6.58. The summed E-state index contributed by atoms with van der Waals surface area (Å²) in [5.41, 5.74) is 0. The van der Waals surface area contributed by atoms with E-state index in [1.807, 2.05) is 13.8 Å². The third-order valence-electron chi connectivity index (χ3n) is 2.45. The second-order valence-electron chi connectivity index (χ2n) is 3.42. The van der Waals surface area contributed by atoms with Crippen LogP contribution in [0.3, 0.4) is 0 Å². The molecule has 0 aromatic heterocycles. The van der Waals surface area contributed by atoms with Crippen molar-refractivity contribution >= 4 is 18.5 Å². The van der Waals surface area contributed by atoms with Crippen LogP contribution >= 0.6 is 7.92 Å².